The predicted octanol–water partition coefficient (Wildman–Crippen LogP) is 1.73. The van der Waals surface area contributed by atoms with Crippen LogP contribution in [-0.2, 0) is 11.2 Å². The van der Waals surface area contributed by atoms with Crippen LogP contribution in [0.15, 0.2) is 24.3 Å². The van der Waals surface area contributed by atoms with Gasteiger partial charge in [0.05, 0.1) is 13.0 Å². The van der Waals surface area contributed by atoms with Crippen LogP contribution in [-0.4, -0.2) is 43.6 Å². The highest BCUT2D eigenvalue weighted by Crippen LogP contribution is 2.26. The summed E-state index contributed by atoms with van der Waals surface area (Å²) in [5, 5.41) is 3.40. The molecule has 1 N–H and O–H groups in total. The van der Waals surface area contributed by atoms with Gasteiger partial charge in [-0.3, -0.25) is 4.79 Å². The highest BCUT2D eigenvalue weighted by atomic mass is 35.5. The summed E-state index contributed by atoms with van der Waals surface area (Å²) in [7, 11) is 0. The summed E-state index contributed by atoms with van der Waals surface area (Å²) in [6, 6.07) is 7.85. The van der Waals surface area contributed by atoms with Crippen LogP contribution >= 0.6 is 12.4 Å². The number of hydrogen-bond donors (Lipinski definition) is 1. The predicted molar refractivity (Wildman–Crippen MR) is 85.0 cm³/mol. The summed E-state index contributed by atoms with van der Waals surface area (Å²) in [5.74, 6) is 2.45. The number of ether oxygens (including phenoxy) is 1. The van der Waals surface area contributed by atoms with Crippen molar-refractivity contribution in [2.24, 2.45) is 11.8 Å². The molecule has 0 bridgehead atoms. The molecule has 0 aromatic heterocycles. The van der Waals surface area contributed by atoms with E-state index in [4.69, 9.17) is 4.74 Å². The molecule has 5 heteroatoms. The number of likely N-dealkylation sites (tertiary alicyclic amines) is 1. The summed E-state index contributed by atoms with van der Waals surface area (Å²) in [6.45, 7) is 6.62. The van der Waals surface area contributed by atoms with Crippen molar-refractivity contribution in [3.05, 3.63) is 29.8 Å². The first-order valence-corrected chi connectivity index (χ1v) is 7.46. The molecule has 2 saturated heterocycles. The van der Waals surface area contributed by atoms with Crippen molar-refractivity contribution in [1.29, 1.82) is 0 Å². The van der Waals surface area contributed by atoms with Crippen LogP contribution in [0.3, 0.4) is 0 Å². The van der Waals surface area contributed by atoms with Crippen LogP contribution < -0.4 is 10.1 Å². The molecule has 3 rings (SSSR count). The van der Waals surface area contributed by atoms with E-state index in [1.807, 2.05) is 36.1 Å². The fourth-order valence-corrected chi connectivity index (χ4v) is 3.22. The zero-order valence-electron chi connectivity index (χ0n) is 12.4. The third-order valence-corrected chi connectivity index (χ3v) is 4.33. The molecule has 0 saturated carbocycles. The van der Waals surface area contributed by atoms with Gasteiger partial charge in [-0.25, -0.2) is 0 Å². The van der Waals surface area contributed by atoms with E-state index < -0.39 is 0 Å². The SMILES string of the molecule is CCOc1ccc(CC(=O)N2C[C@H]3CNC[C@H]3C2)cc1.Cl. The molecule has 1 aromatic carbocycles. The van der Waals surface area contributed by atoms with Gasteiger partial charge >= 0.3 is 0 Å². The van der Waals surface area contributed by atoms with E-state index in [1.165, 1.54) is 0 Å². The van der Waals surface area contributed by atoms with E-state index in [0.29, 0.717) is 24.9 Å². The first-order valence-electron chi connectivity index (χ1n) is 7.46. The first kappa shape index (κ1) is 16.1. The van der Waals surface area contributed by atoms with Gasteiger partial charge in [0.15, 0.2) is 0 Å². The van der Waals surface area contributed by atoms with E-state index in [2.05, 4.69) is 5.32 Å². The van der Waals surface area contributed by atoms with Crippen LogP contribution in [0.5, 0.6) is 5.75 Å². The minimum absolute atomic E-state index is 0. The summed E-state index contributed by atoms with van der Waals surface area (Å²) in [6.07, 6.45) is 0.499. The highest BCUT2D eigenvalue weighted by Gasteiger charge is 2.37. The number of carbonyl (C=O) groups is 1. The Balaban J connectivity index is 0.00000161. The van der Waals surface area contributed by atoms with Crippen molar-refractivity contribution >= 4 is 18.3 Å². The average molecular weight is 311 g/mol. The molecule has 2 fully saturated rings. The Hall–Kier alpha value is -1.26. The quantitative estimate of drug-likeness (QED) is 0.921. The lowest BCUT2D eigenvalue weighted by atomic mass is 10.0. The smallest absolute Gasteiger partial charge is 0.227 e. The summed E-state index contributed by atoms with van der Waals surface area (Å²) in [4.78, 5) is 14.4. The van der Waals surface area contributed by atoms with Crippen LogP contribution in [0.4, 0.5) is 0 Å². The maximum atomic E-state index is 12.3. The molecule has 116 valence electrons. The number of amides is 1. The van der Waals surface area contributed by atoms with Crippen LogP contribution in [0.2, 0.25) is 0 Å². The van der Waals surface area contributed by atoms with Crippen molar-refractivity contribution in [2.45, 2.75) is 13.3 Å². The van der Waals surface area contributed by atoms with Gasteiger partial charge < -0.3 is 15.0 Å². The van der Waals surface area contributed by atoms with Crippen molar-refractivity contribution in [3.8, 4) is 5.75 Å². The van der Waals surface area contributed by atoms with Crippen molar-refractivity contribution in [1.82, 2.24) is 10.2 Å². The molecule has 0 unspecified atom stereocenters. The fraction of sp³-hybridized carbons (Fsp3) is 0.562. The third-order valence-electron chi connectivity index (χ3n) is 4.33. The van der Waals surface area contributed by atoms with Gasteiger partial charge in [0.25, 0.3) is 0 Å². The normalized spacial score (nSPS) is 23.6. The molecule has 2 atom stereocenters. The largest absolute Gasteiger partial charge is 0.494 e. The number of nitrogens with one attached hydrogen (secondary N) is 1. The molecular weight excluding hydrogens is 288 g/mol. The van der Waals surface area contributed by atoms with E-state index in [-0.39, 0.29) is 18.3 Å². The monoisotopic (exact) mass is 310 g/mol. The van der Waals surface area contributed by atoms with Gasteiger partial charge in [-0.2, -0.15) is 0 Å². The van der Waals surface area contributed by atoms with Gasteiger partial charge in [0.2, 0.25) is 5.91 Å². The molecular formula is C16H23ClN2O2. The summed E-state index contributed by atoms with van der Waals surface area (Å²) in [5.41, 5.74) is 1.06. The molecule has 4 nitrogen and oxygen atoms in total. The Morgan fingerprint density at radius 3 is 2.43 bits per heavy atom. The Kier molecular flexibility index (Phi) is 5.48. The van der Waals surface area contributed by atoms with Gasteiger partial charge in [0.1, 0.15) is 5.75 Å². The van der Waals surface area contributed by atoms with Crippen molar-refractivity contribution in [3.63, 3.8) is 0 Å². The van der Waals surface area contributed by atoms with Gasteiger partial charge in [-0.05, 0) is 36.5 Å². The van der Waals surface area contributed by atoms with E-state index in [0.717, 1.165) is 37.5 Å². The van der Waals surface area contributed by atoms with Crippen LogP contribution in [0.25, 0.3) is 0 Å². The van der Waals surface area contributed by atoms with E-state index in [1.54, 1.807) is 0 Å². The molecule has 2 heterocycles. The molecule has 1 amide bonds. The minimum Gasteiger partial charge on any atom is -0.494 e. The summed E-state index contributed by atoms with van der Waals surface area (Å²) < 4.78 is 5.41. The second kappa shape index (κ2) is 7.14. The van der Waals surface area contributed by atoms with Crippen molar-refractivity contribution in [2.75, 3.05) is 32.8 Å². The lowest BCUT2D eigenvalue weighted by Gasteiger charge is -2.17. The van der Waals surface area contributed by atoms with E-state index in [9.17, 15) is 4.79 Å². The molecule has 21 heavy (non-hydrogen) atoms. The van der Waals surface area contributed by atoms with Crippen LogP contribution in [0.1, 0.15) is 12.5 Å². The van der Waals surface area contributed by atoms with Crippen LogP contribution in [0, 0.1) is 11.8 Å². The number of carbonyl (C=O) groups excluding carboxylic acids is 1. The Bertz CT molecular complexity index is 466. The number of fused-ring (bicyclic) bond motifs is 1. The van der Waals surface area contributed by atoms with Gasteiger partial charge in [-0.15, -0.1) is 12.4 Å². The second-order valence-corrected chi connectivity index (χ2v) is 5.73. The maximum absolute atomic E-state index is 12.3. The zero-order valence-corrected chi connectivity index (χ0v) is 13.2. The zero-order chi connectivity index (χ0) is 13.9. The van der Waals surface area contributed by atoms with Crippen molar-refractivity contribution < 1.29 is 9.53 Å². The summed E-state index contributed by atoms with van der Waals surface area (Å²) >= 11 is 0. The topological polar surface area (TPSA) is 41.6 Å². The lowest BCUT2D eigenvalue weighted by molar-refractivity contribution is -0.129. The molecule has 2 aliphatic rings. The third kappa shape index (κ3) is 3.69. The van der Waals surface area contributed by atoms with Gasteiger partial charge in [0, 0.05) is 26.2 Å². The molecule has 1 aromatic rings. The maximum Gasteiger partial charge on any atom is 0.227 e. The lowest BCUT2D eigenvalue weighted by Crippen LogP contribution is -2.32. The van der Waals surface area contributed by atoms with Gasteiger partial charge in [-0.1, -0.05) is 12.1 Å². The molecule has 2 aliphatic heterocycles. The molecule has 0 aliphatic carbocycles. The number of benzene rings is 1. The number of nitrogens with zero attached hydrogens (tertiary/aromatic N) is 1. The van der Waals surface area contributed by atoms with E-state index >= 15 is 0 Å². The number of halogens is 1. The highest BCUT2D eigenvalue weighted by molar-refractivity contribution is 5.85. The minimum atomic E-state index is 0. The Morgan fingerprint density at radius 2 is 1.86 bits per heavy atom. The standard InChI is InChI=1S/C16H22N2O2.ClH/c1-2-20-15-5-3-12(4-6-15)7-16(19)18-10-13-8-17-9-14(13)11-18;/h3-6,13-14,17H,2,7-11H2,1H3;1H/t13-,14+;. The molecule has 0 spiro atoms. The second-order valence-electron chi connectivity index (χ2n) is 5.73. The first-order chi connectivity index (χ1) is 9.76. The Morgan fingerprint density at radius 1 is 1.24 bits per heavy atom. The number of hydrogen-bond acceptors (Lipinski definition) is 3. The molecule has 0 radical (unpaired) electrons. The fourth-order valence-electron chi connectivity index (χ4n) is 3.22. The Labute approximate surface area is 132 Å². The number of rotatable bonds is 4. The average Bonchev–Trinajstić information content (AvgIpc) is 3.02.